The van der Waals surface area contributed by atoms with Crippen molar-refractivity contribution in [1.82, 2.24) is 14.9 Å². The van der Waals surface area contributed by atoms with Crippen LogP contribution in [0.15, 0.2) is 36.7 Å². The van der Waals surface area contributed by atoms with Crippen molar-refractivity contribution in [2.45, 2.75) is 25.7 Å². The third-order valence-electron chi connectivity index (χ3n) is 4.50. The summed E-state index contributed by atoms with van der Waals surface area (Å²) in [6.45, 7) is 3.85. The summed E-state index contributed by atoms with van der Waals surface area (Å²) in [5, 5.41) is 3.07. The molecule has 0 bridgehead atoms. The summed E-state index contributed by atoms with van der Waals surface area (Å²) < 4.78 is 5.52. The number of hydrogen-bond acceptors (Lipinski definition) is 5. The molecule has 1 saturated heterocycles. The standard InChI is InChI=1S/C19H24N4O2/c1-3-25-18-16(7-4-9-22-18)19(24)23-11-5-6-15(13-23)14-8-10-21-17(12-14)20-2/h4,7-10,12,15H,3,5-6,11,13H2,1-2H3,(H,20,21). The first-order chi connectivity index (χ1) is 12.2. The van der Waals surface area contributed by atoms with Crippen LogP contribution in [0.5, 0.6) is 5.88 Å². The Kier molecular flexibility index (Phi) is 5.48. The molecular formula is C19H24N4O2. The van der Waals surface area contributed by atoms with Crippen molar-refractivity contribution >= 4 is 11.7 Å². The summed E-state index contributed by atoms with van der Waals surface area (Å²) in [7, 11) is 1.86. The van der Waals surface area contributed by atoms with Gasteiger partial charge in [-0.05, 0) is 49.6 Å². The van der Waals surface area contributed by atoms with Gasteiger partial charge < -0.3 is 15.0 Å². The van der Waals surface area contributed by atoms with E-state index in [0.29, 0.717) is 30.5 Å². The minimum Gasteiger partial charge on any atom is -0.477 e. The number of carbonyl (C=O) groups is 1. The molecule has 0 aromatic carbocycles. The Labute approximate surface area is 148 Å². The Hall–Kier alpha value is -2.63. The molecule has 132 valence electrons. The van der Waals surface area contributed by atoms with Crippen LogP contribution in [0, 0.1) is 0 Å². The van der Waals surface area contributed by atoms with E-state index in [-0.39, 0.29) is 5.91 Å². The van der Waals surface area contributed by atoms with Gasteiger partial charge in [0, 0.05) is 38.4 Å². The molecule has 2 aromatic heterocycles. The topological polar surface area (TPSA) is 67.3 Å². The van der Waals surface area contributed by atoms with Crippen LogP contribution in [-0.2, 0) is 0 Å². The lowest BCUT2D eigenvalue weighted by atomic mass is 9.91. The Morgan fingerprint density at radius 3 is 3.04 bits per heavy atom. The molecule has 1 aliphatic rings. The van der Waals surface area contributed by atoms with Crippen molar-refractivity contribution in [1.29, 1.82) is 0 Å². The van der Waals surface area contributed by atoms with Crippen molar-refractivity contribution in [2.75, 3.05) is 32.1 Å². The first-order valence-corrected chi connectivity index (χ1v) is 8.73. The first kappa shape index (κ1) is 17.2. The average Bonchev–Trinajstić information content (AvgIpc) is 2.68. The number of hydrogen-bond donors (Lipinski definition) is 1. The highest BCUT2D eigenvalue weighted by molar-refractivity contribution is 5.96. The van der Waals surface area contributed by atoms with Gasteiger partial charge in [-0.25, -0.2) is 9.97 Å². The third kappa shape index (κ3) is 3.90. The summed E-state index contributed by atoms with van der Waals surface area (Å²) in [4.78, 5) is 23.4. The van der Waals surface area contributed by atoms with Crippen molar-refractivity contribution in [3.05, 3.63) is 47.8 Å². The molecule has 1 aliphatic heterocycles. The number of piperidine rings is 1. The normalized spacial score (nSPS) is 17.2. The van der Waals surface area contributed by atoms with E-state index >= 15 is 0 Å². The van der Waals surface area contributed by atoms with Crippen LogP contribution >= 0.6 is 0 Å². The van der Waals surface area contributed by atoms with Crippen molar-refractivity contribution in [2.24, 2.45) is 0 Å². The van der Waals surface area contributed by atoms with Gasteiger partial charge in [0.05, 0.1) is 6.61 Å². The highest BCUT2D eigenvalue weighted by Gasteiger charge is 2.27. The third-order valence-corrected chi connectivity index (χ3v) is 4.50. The molecule has 3 rings (SSSR count). The monoisotopic (exact) mass is 340 g/mol. The van der Waals surface area contributed by atoms with Crippen LogP contribution < -0.4 is 10.1 Å². The summed E-state index contributed by atoms with van der Waals surface area (Å²) in [5.74, 6) is 1.58. The van der Waals surface area contributed by atoms with E-state index in [0.717, 1.165) is 25.2 Å². The molecule has 2 aromatic rings. The fraction of sp³-hybridized carbons (Fsp3) is 0.421. The number of carbonyl (C=O) groups excluding carboxylic acids is 1. The second-order valence-corrected chi connectivity index (χ2v) is 6.10. The van der Waals surface area contributed by atoms with Gasteiger partial charge in [0.2, 0.25) is 5.88 Å². The molecule has 1 unspecified atom stereocenters. The molecule has 25 heavy (non-hydrogen) atoms. The number of amides is 1. The van der Waals surface area contributed by atoms with Gasteiger partial charge in [0.1, 0.15) is 11.4 Å². The molecule has 1 atom stereocenters. The minimum atomic E-state index is -0.0100. The zero-order valence-electron chi connectivity index (χ0n) is 14.7. The van der Waals surface area contributed by atoms with Crippen LogP contribution in [0.2, 0.25) is 0 Å². The predicted molar refractivity (Wildman–Crippen MR) is 97.1 cm³/mol. The van der Waals surface area contributed by atoms with Gasteiger partial charge in [-0.1, -0.05) is 0 Å². The SMILES string of the molecule is CCOc1ncccc1C(=O)N1CCCC(c2ccnc(NC)c2)C1. The summed E-state index contributed by atoms with van der Waals surface area (Å²) in [5.41, 5.74) is 1.75. The maximum atomic E-state index is 13.0. The molecule has 1 amide bonds. The van der Waals surface area contributed by atoms with E-state index in [1.54, 1.807) is 18.3 Å². The van der Waals surface area contributed by atoms with Crippen LogP contribution in [0.25, 0.3) is 0 Å². The number of ether oxygens (including phenoxy) is 1. The molecular weight excluding hydrogens is 316 g/mol. The predicted octanol–water partition coefficient (Wildman–Crippen LogP) is 2.94. The Balaban J connectivity index is 1.78. The Bertz CT molecular complexity index is 735. The first-order valence-electron chi connectivity index (χ1n) is 8.73. The van der Waals surface area contributed by atoms with Gasteiger partial charge in [0.25, 0.3) is 5.91 Å². The van der Waals surface area contributed by atoms with Gasteiger partial charge in [-0.2, -0.15) is 0 Å². The molecule has 1 fully saturated rings. The van der Waals surface area contributed by atoms with E-state index in [1.807, 2.05) is 31.1 Å². The van der Waals surface area contributed by atoms with Crippen LogP contribution in [0.3, 0.4) is 0 Å². The highest BCUT2D eigenvalue weighted by Crippen LogP contribution is 2.29. The summed E-state index contributed by atoms with van der Waals surface area (Å²) >= 11 is 0. The summed E-state index contributed by atoms with van der Waals surface area (Å²) in [6, 6.07) is 7.66. The number of rotatable bonds is 5. The van der Waals surface area contributed by atoms with Crippen LogP contribution in [0.4, 0.5) is 5.82 Å². The average molecular weight is 340 g/mol. The van der Waals surface area contributed by atoms with Crippen LogP contribution in [-0.4, -0.2) is 47.5 Å². The quantitative estimate of drug-likeness (QED) is 0.906. The number of pyridine rings is 2. The molecule has 6 nitrogen and oxygen atoms in total. The number of aromatic nitrogens is 2. The van der Waals surface area contributed by atoms with Gasteiger partial charge in [0.15, 0.2) is 0 Å². The lowest BCUT2D eigenvalue weighted by molar-refractivity contribution is 0.0702. The smallest absolute Gasteiger partial charge is 0.259 e. The van der Waals surface area contributed by atoms with Crippen molar-refractivity contribution < 1.29 is 9.53 Å². The molecule has 0 aliphatic carbocycles. The molecule has 1 N–H and O–H groups in total. The maximum absolute atomic E-state index is 13.0. The van der Waals surface area contributed by atoms with Crippen LogP contribution in [0.1, 0.15) is 41.6 Å². The number of anilines is 1. The van der Waals surface area contributed by atoms with E-state index in [9.17, 15) is 4.79 Å². The second kappa shape index (κ2) is 7.96. The van der Waals surface area contributed by atoms with Crippen molar-refractivity contribution in [3.63, 3.8) is 0 Å². The van der Waals surface area contributed by atoms with Gasteiger partial charge >= 0.3 is 0 Å². The van der Waals surface area contributed by atoms with E-state index < -0.39 is 0 Å². The highest BCUT2D eigenvalue weighted by atomic mass is 16.5. The fourth-order valence-corrected chi connectivity index (χ4v) is 3.25. The lowest BCUT2D eigenvalue weighted by Crippen LogP contribution is -2.39. The largest absolute Gasteiger partial charge is 0.477 e. The zero-order valence-corrected chi connectivity index (χ0v) is 14.7. The van der Waals surface area contributed by atoms with Crippen molar-refractivity contribution in [3.8, 4) is 5.88 Å². The lowest BCUT2D eigenvalue weighted by Gasteiger charge is -2.33. The van der Waals surface area contributed by atoms with E-state index in [4.69, 9.17) is 4.74 Å². The maximum Gasteiger partial charge on any atom is 0.259 e. The molecule has 6 heteroatoms. The summed E-state index contributed by atoms with van der Waals surface area (Å²) in [6.07, 6.45) is 5.52. The molecule has 0 radical (unpaired) electrons. The Morgan fingerprint density at radius 2 is 2.24 bits per heavy atom. The second-order valence-electron chi connectivity index (χ2n) is 6.10. The Morgan fingerprint density at radius 1 is 1.36 bits per heavy atom. The van der Waals surface area contributed by atoms with E-state index in [2.05, 4.69) is 21.4 Å². The molecule has 0 spiro atoms. The number of nitrogens with zero attached hydrogens (tertiary/aromatic N) is 3. The number of likely N-dealkylation sites (tertiary alicyclic amines) is 1. The van der Waals surface area contributed by atoms with E-state index in [1.165, 1.54) is 5.56 Å². The zero-order chi connectivity index (χ0) is 17.6. The molecule has 3 heterocycles. The van der Waals surface area contributed by atoms with Gasteiger partial charge in [-0.3, -0.25) is 4.79 Å². The fourth-order valence-electron chi connectivity index (χ4n) is 3.25. The number of nitrogens with one attached hydrogen (secondary N) is 1. The molecule has 0 saturated carbocycles. The minimum absolute atomic E-state index is 0.0100. The van der Waals surface area contributed by atoms with Gasteiger partial charge in [-0.15, -0.1) is 0 Å².